The average molecular weight is 479 g/mol. The highest BCUT2D eigenvalue weighted by atomic mass is 35.5. The van der Waals surface area contributed by atoms with Gasteiger partial charge in [-0.15, -0.1) is 0 Å². The molecule has 0 bridgehead atoms. The number of thiocarbonyl (C=S) groups is 1. The van der Waals surface area contributed by atoms with Crippen LogP contribution in [-0.4, -0.2) is 25.6 Å². The largest absolute Gasteiger partial charge is 0.352 e. The van der Waals surface area contributed by atoms with Crippen LogP contribution in [0, 0.1) is 20.8 Å². The Kier molecular flexibility index (Phi) is 6.19. The topological polar surface area (TPSA) is 33.1 Å². The molecular weight excluding hydrogens is 448 g/mol. The van der Waals surface area contributed by atoms with Crippen molar-refractivity contribution in [3.05, 3.63) is 81.9 Å². The van der Waals surface area contributed by atoms with E-state index in [0.717, 1.165) is 27.1 Å². The predicted octanol–water partition coefficient (Wildman–Crippen LogP) is 6.76. The molecule has 0 amide bonds. The summed E-state index contributed by atoms with van der Waals surface area (Å²) in [7, 11) is 0. The molecular formula is C27H31ClN4S. The predicted molar refractivity (Wildman–Crippen MR) is 139 cm³/mol. The van der Waals surface area contributed by atoms with Crippen LogP contribution in [0.2, 0.25) is 5.02 Å². The highest BCUT2D eigenvalue weighted by Gasteiger charge is 2.44. The molecule has 172 valence electrons. The maximum atomic E-state index is 6.49. The standard InChI is InChI=1S/C27H31ClN4S/c1-17-16-21(19(3)31(17)24-14-9-12-22(28)18(24)2)26-25(23-13-7-8-15-29-23)30-27(33)32(26)20-10-5-4-6-11-20/h7-9,12-16,20,25-26H,4-6,10-11H2,1-3H3,(H,30,33). The number of nitrogens with zero attached hydrogens (tertiary/aromatic N) is 3. The number of aryl methyl sites for hydroxylation is 1. The Labute approximate surface area is 207 Å². The highest BCUT2D eigenvalue weighted by Crippen LogP contribution is 2.44. The normalized spacial score (nSPS) is 21.5. The van der Waals surface area contributed by atoms with E-state index in [1.54, 1.807) is 0 Å². The van der Waals surface area contributed by atoms with Crippen LogP contribution >= 0.6 is 23.8 Å². The molecule has 2 atom stereocenters. The van der Waals surface area contributed by atoms with Crippen molar-refractivity contribution in [1.29, 1.82) is 0 Å². The van der Waals surface area contributed by atoms with Crippen molar-refractivity contribution in [3.8, 4) is 5.69 Å². The van der Waals surface area contributed by atoms with E-state index >= 15 is 0 Å². The number of halogens is 1. The van der Waals surface area contributed by atoms with Gasteiger partial charge in [0.25, 0.3) is 0 Å². The van der Waals surface area contributed by atoms with Crippen LogP contribution in [-0.2, 0) is 0 Å². The third-order valence-corrected chi connectivity index (χ3v) is 8.11. The summed E-state index contributed by atoms with van der Waals surface area (Å²) in [6, 6.07) is 15.2. The van der Waals surface area contributed by atoms with Gasteiger partial charge >= 0.3 is 0 Å². The van der Waals surface area contributed by atoms with E-state index in [2.05, 4.69) is 59.8 Å². The first-order chi connectivity index (χ1) is 16.0. The third-order valence-electron chi connectivity index (χ3n) is 7.37. The molecule has 33 heavy (non-hydrogen) atoms. The molecule has 3 aromatic rings. The Morgan fingerprint density at radius 2 is 1.82 bits per heavy atom. The van der Waals surface area contributed by atoms with Gasteiger partial charge in [0.1, 0.15) is 0 Å². The van der Waals surface area contributed by atoms with Crippen molar-refractivity contribution >= 4 is 28.9 Å². The Morgan fingerprint density at radius 1 is 1.03 bits per heavy atom. The lowest BCUT2D eigenvalue weighted by atomic mass is 9.90. The van der Waals surface area contributed by atoms with Crippen molar-refractivity contribution in [3.63, 3.8) is 0 Å². The SMILES string of the molecule is Cc1c(Cl)cccc1-n1c(C)cc(C2C(c3ccccn3)NC(=S)N2C2CCCCC2)c1C. The first-order valence-corrected chi connectivity index (χ1v) is 12.7. The molecule has 2 unspecified atom stereocenters. The Balaban J connectivity index is 1.65. The second kappa shape index (κ2) is 9.11. The summed E-state index contributed by atoms with van der Waals surface area (Å²) < 4.78 is 2.34. The number of benzene rings is 1. The highest BCUT2D eigenvalue weighted by molar-refractivity contribution is 7.80. The monoisotopic (exact) mass is 478 g/mol. The molecule has 1 saturated heterocycles. The fourth-order valence-electron chi connectivity index (χ4n) is 5.75. The van der Waals surface area contributed by atoms with Crippen molar-refractivity contribution in [2.75, 3.05) is 0 Å². The summed E-state index contributed by atoms with van der Waals surface area (Å²) in [6.45, 7) is 6.49. The van der Waals surface area contributed by atoms with Crippen LogP contribution in [0.4, 0.5) is 0 Å². The molecule has 0 spiro atoms. The summed E-state index contributed by atoms with van der Waals surface area (Å²) >= 11 is 12.4. The van der Waals surface area contributed by atoms with Crippen LogP contribution in [0.5, 0.6) is 0 Å². The lowest BCUT2D eigenvalue weighted by molar-refractivity contribution is 0.197. The minimum Gasteiger partial charge on any atom is -0.352 e. The van der Waals surface area contributed by atoms with Crippen molar-refractivity contribution in [1.82, 2.24) is 19.8 Å². The van der Waals surface area contributed by atoms with E-state index < -0.39 is 0 Å². The Morgan fingerprint density at radius 3 is 2.55 bits per heavy atom. The van der Waals surface area contributed by atoms with Crippen LogP contribution < -0.4 is 5.32 Å². The molecule has 3 heterocycles. The van der Waals surface area contributed by atoms with E-state index in [1.165, 1.54) is 49.1 Å². The number of rotatable bonds is 4. The van der Waals surface area contributed by atoms with Crippen molar-refractivity contribution in [2.24, 2.45) is 0 Å². The number of nitrogens with one attached hydrogen (secondary N) is 1. The van der Waals surface area contributed by atoms with Gasteiger partial charge in [-0.25, -0.2) is 0 Å². The first kappa shape index (κ1) is 22.4. The summed E-state index contributed by atoms with van der Waals surface area (Å²) in [5.74, 6) is 0. The second-order valence-electron chi connectivity index (χ2n) is 9.37. The fourth-order valence-corrected chi connectivity index (χ4v) is 6.31. The number of hydrogen-bond donors (Lipinski definition) is 1. The van der Waals surface area contributed by atoms with E-state index in [1.807, 2.05) is 24.4 Å². The average Bonchev–Trinajstić information content (AvgIpc) is 3.32. The molecule has 1 aromatic carbocycles. The molecule has 2 fully saturated rings. The second-order valence-corrected chi connectivity index (χ2v) is 10.2. The van der Waals surface area contributed by atoms with Gasteiger partial charge in [0.2, 0.25) is 0 Å². The molecule has 1 aliphatic carbocycles. The molecule has 2 aliphatic rings. The summed E-state index contributed by atoms with van der Waals surface area (Å²) in [5.41, 5.74) is 7.01. The number of hydrogen-bond acceptors (Lipinski definition) is 2. The van der Waals surface area contributed by atoms with Gasteiger partial charge in [-0.1, -0.05) is 43.0 Å². The molecule has 1 aliphatic heterocycles. The summed E-state index contributed by atoms with van der Waals surface area (Å²) in [6.07, 6.45) is 8.12. The van der Waals surface area contributed by atoms with E-state index in [4.69, 9.17) is 28.8 Å². The number of pyridine rings is 1. The third kappa shape index (κ3) is 3.95. The van der Waals surface area contributed by atoms with E-state index in [9.17, 15) is 0 Å². The number of aromatic nitrogens is 2. The zero-order valence-corrected chi connectivity index (χ0v) is 21.1. The van der Waals surface area contributed by atoms with E-state index in [0.29, 0.717) is 6.04 Å². The lowest BCUT2D eigenvalue weighted by Gasteiger charge is -2.37. The summed E-state index contributed by atoms with van der Waals surface area (Å²) in [4.78, 5) is 7.21. The van der Waals surface area contributed by atoms with Crippen molar-refractivity contribution < 1.29 is 0 Å². The zero-order chi connectivity index (χ0) is 23.1. The minimum absolute atomic E-state index is 0.0232. The Bertz CT molecular complexity index is 1170. The van der Waals surface area contributed by atoms with Crippen LogP contribution in [0.1, 0.15) is 72.4 Å². The molecule has 5 rings (SSSR count). The van der Waals surface area contributed by atoms with E-state index in [-0.39, 0.29) is 12.1 Å². The molecule has 6 heteroatoms. The van der Waals surface area contributed by atoms with Gasteiger partial charge in [-0.2, -0.15) is 0 Å². The van der Waals surface area contributed by atoms with Gasteiger partial charge < -0.3 is 14.8 Å². The van der Waals surface area contributed by atoms with Gasteiger partial charge in [0.05, 0.1) is 17.8 Å². The zero-order valence-electron chi connectivity index (χ0n) is 19.5. The lowest BCUT2D eigenvalue weighted by Crippen LogP contribution is -2.40. The van der Waals surface area contributed by atoms with Crippen LogP contribution in [0.15, 0.2) is 48.7 Å². The van der Waals surface area contributed by atoms with Gasteiger partial charge in [-0.05, 0) is 87.3 Å². The quantitative estimate of drug-likeness (QED) is 0.420. The fraction of sp³-hybridized carbons (Fsp3) is 0.407. The minimum atomic E-state index is 0.0232. The molecule has 4 nitrogen and oxygen atoms in total. The van der Waals surface area contributed by atoms with Gasteiger partial charge in [-0.3, -0.25) is 4.98 Å². The van der Waals surface area contributed by atoms with Gasteiger partial charge in [0, 0.05) is 34.3 Å². The Hall–Kier alpha value is -2.37. The maximum absolute atomic E-state index is 6.49. The first-order valence-electron chi connectivity index (χ1n) is 11.9. The summed E-state index contributed by atoms with van der Waals surface area (Å²) in [5, 5.41) is 5.29. The van der Waals surface area contributed by atoms with Crippen LogP contribution in [0.25, 0.3) is 5.69 Å². The van der Waals surface area contributed by atoms with Crippen molar-refractivity contribution in [2.45, 2.75) is 71.0 Å². The molecule has 2 aromatic heterocycles. The molecule has 0 radical (unpaired) electrons. The maximum Gasteiger partial charge on any atom is 0.170 e. The van der Waals surface area contributed by atoms with Crippen LogP contribution in [0.3, 0.4) is 0 Å². The molecule has 1 saturated carbocycles. The van der Waals surface area contributed by atoms with Gasteiger partial charge in [0.15, 0.2) is 5.11 Å². The molecule has 1 N–H and O–H groups in total. The smallest absolute Gasteiger partial charge is 0.170 e.